The lowest BCUT2D eigenvalue weighted by Gasteiger charge is -2.34. The summed E-state index contributed by atoms with van der Waals surface area (Å²) < 4.78 is 23.7. The Balaban J connectivity index is 1.53. The molecule has 8 heteroatoms. The number of benzene rings is 2. The number of para-hydroxylation sites is 2. The minimum atomic E-state index is -0.679. The Morgan fingerprint density at radius 3 is 2.26 bits per heavy atom. The Hall–Kier alpha value is -4.07. The molecule has 1 N–H and O–H groups in total. The third-order valence-corrected chi connectivity index (χ3v) is 6.60. The number of aromatic hydroxyl groups is 1. The number of pyridine rings is 1. The second kappa shape index (κ2) is 12.9. The van der Waals surface area contributed by atoms with Gasteiger partial charge in [0, 0.05) is 18.7 Å². The molecule has 0 bridgehead atoms. The van der Waals surface area contributed by atoms with Crippen molar-refractivity contribution in [2.45, 2.75) is 57.3 Å². The summed E-state index contributed by atoms with van der Waals surface area (Å²) in [7, 11) is 1.39. The van der Waals surface area contributed by atoms with Crippen molar-refractivity contribution in [2.75, 3.05) is 7.11 Å². The fourth-order valence-electron chi connectivity index (χ4n) is 4.61. The fraction of sp³-hybridized carbons (Fsp3) is 0.367. The maximum Gasteiger partial charge on any atom is 0.309 e. The number of ether oxygens (including phenoxy) is 4. The molecule has 4 rings (SSSR count). The number of esters is 1. The lowest BCUT2D eigenvalue weighted by molar-refractivity contribution is -0.161. The highest BCUT2D eigenvalue weighted by atomic mass is 16.6. The highest BCUT2D eigenvalue weighted by Gasteiger charge is 2.36. The Morgan fingerprint density at radius 1 is 0.974 bits per heavy atom. The lowest BCUT2D eigenvalue weighted by atomic mass is 9.92. The number of hydrogen-bond acceptors (Lipinski definition) is 8. The number of rotatable bonds is 8. The van der Waals surface area contributed by atoms with Gasteiger partial charge in [-0.3, -0.25) is 9.59 Å². The summed E-state index contributed by atoms with van der Waals surface area (Å²) >= 11 is 0. The number of ketones is 1. The second-order valence-electron chi connectivity index (χ2n) is 9.33. The first-order valence-corrected chi connectivity index (χ1v) is 12.8. The molecule has 1 fully saturated rings. The predicted octanol–water partition coefficient (Wildman–Crippen LogP) is 5.39. The first kappa shape index (κ1) is 27.0. The third kappa shape index (κ3) is 6.82. The van der Waals surface area contributed by atoms with Crippen molar-refractivity contribution in [2.24, 2.45) is 5.92 Å². The molecule has 8 nitrogen and oxygen atoms in total. The van der Waals surface area contributed by atoms with Gasteiger partial charge in [-0.1, -0.05) is 42.8 Å². The van der Waals surface area contributed by atoms with Gasteiger partial charge in [-0.15, -0.1) is 0 Å². The summed E-state index contributed by atoms with van der Waals surface area (Å²) in [5.41, 5.74) is -0.121. The molecule has 0 spiro atoms. The largest absolute Gasteiger partial charge is 0.503 e. The zero-order valence-electron chi connectivity index (χ0n) is 21.6. The molecule has 4 atom stereocenters. The minimum absolute atomic E-state index is 0.121. The molecule has 1 aromatic heterocycles. The molecule has 38 heavy (non-hydrogen) atoms. The maximum atomic E-state index is 13.3. The van der Waals surface area contributed by atoms with Crippen molar-refractivity contribution in [1.29, 1.82) is 0 Å². The number of Topliss-reactive ketones (excluding diaryl/α,β-unsaturated/α-hetero) is 1. The topological polar surface area (TPSA) is 104 Å². The monoisotopic (exact) mass is 519 g/mol. The third-order valence-electron chi connectivity index (χ3n) is 6.60. The summed E-state index contributed by atoms with van der Waals surface area (Å²) in [6.07, 6.45) is 2.24. The first-order chi connectivity index (χ1) is 18.5. The van der Waals surface area contributed by atoms with Crippen molar-refractivity contribution in [3.63, 3.8) is 0 Å². The quantitative estimate of drug-likeness (QED) is 0.312. The average Bonchev–Trinajstić information content (AvgIpc) is 2.93. The SMILES string of the molecule is COc1ccnc(C(=O)C[C@H]2CCCC[C@H](Oc3ccccc3)[C@@H](Oc3ccccc3)[C@H](C)OC2=O)c1O. The van der Waals surface area contributed by atoms with Crippen LogP contribution in [-0.4, -0.2) is 47.3 Å². The van der Waals surface area contributed by atoms with Gasteiger partial charge in [0.25, 0.3) is 0 Å². The number of methoxy groups -OCH3 is 1. The zero-order valence-corrected chi connectivity index (χ0v) is 21.6. The Morgan fingerprint density at radius 2 is 1.61 bits per heavy atom. The van der Waals surface area contributed by atoms with Crippen LogP contribution in [0.1, 0.15) is 49.5 Å². The van der Waals surface area contributed by atoms with E-state index in [1.165, 1.54) is 19.4 Å². The standard InChI is InChI=1S/C30H33NO7/c1-20-29(38-23-14-7-4-8-15-23)26(37-22-12-5-3-6-13-22)16-10-9-11-21(30(34)36-20)19-24(32)27-28(33)25(35-2)17-18-31-27/h3-8,12-15,17-18,20-21,26,29,33H,9-11,16,19H2,1-2H3/t20-,21+,26-,29-/m0/s1. The van der Waals surface area contributed by atoms with E-state index in [4.69, 9.17) is 18.9 Å². The second-order valence-corrected chi connectivity index (χ2v) is 9.33. The van der Waals surface area contributed by atoms with Crippen molar-refractivity contribution in [3.8, 4) is 23.0 Å². The lowest BCUT2D eigenvalue weighted by Crippen LogP contribution is -2.47. The van der Waals surface area contributed by atoms with Crippen LogP contribution in [0.15, 0.2) is 72.9 Å². The van der Waals surface area contributed by atoms with Crippen LogP contribution >= 0.6 is 0 Å². The summed E-state index contributed by atoms with van der Waals surface area (Å²) in [4.78, 5) is 30.3. The molecule has 2 aromatic carbocycles. The van der Waals surface area contributed by atoms with Gasteiger partial charge in [0.15, 0.2) is 29.1 Å². The Bertz CT molecular complexity index is 1200. The van der Waals surface area contributed by atoms with Crippen LogP contribution in [0, 0.1) is 5.92 Å². The molecule has 1 aliphatic heterocycles. The summed E-state index contributed by atoms with van der Waals surface area (Å²) in [6, 6.07) is 20.3. The number of nitrogens with zero attached hydrogens (tertiary/aromatic N) is 1. The van der Waals surface area contributed by atoms with E-state index >= 15 is 0 Å². The molecule has 0 aliphatic carbocycles. The Kier molecular flexibility index (Phi) is 9.19. The van der Waals surface area contributed by atoms with Gasteiger partial charge >= 0.3 is 5.97 Å². The van der Waals surface area contributed by atoms with Crippen molar-refractivity contribution in [3.05, 3.63) is 78.6 Å². The molecule has 200 valence electrons. The minimum Gasteiger partial charge on any atom is -0.503 e. The summed E-state index contributed by atoms with van der Waals surface area (Å²) in [6.45, 7) is 1.78. The van der Waals surface area contributed by atoms with E-state index in [1.807, 2.05) is 60.7 Å². The number of carbonyl (C=O) groups is 2. The molecular weight excluding hydrogens is 486 g/mol. The van der Waals surface area contributed by atoms with Gasteiger partial charge in [0.2, 0.25) is 0 Å². The van der Waals surface area contributed by atoms with E-state index in [2.05, 4.69) is 4.98 Å². The molecule has 0 unspecified atom stereocenters. The van der Waals surface area contributed by atoms with Gasteiger partial charge in [-0.25, -0.2) is 4.98 Å². The number of aromatic nitrogens is 1. The fourth-order valence-corrected chi connectivity index (χ4v) is 4.61. The van der Waals surface area contributed by atoms with Crippen LogP contribution in [0.5, 0.6) is 23.0 Å². The van der Waals surface area contributed by atoms with E-state index in [0.29, 0.717) is 30.8 Å². The first-order valence-electron chi connectivity index (χ1n) is 12.8. The molecular formula is C30H33NO7. The highest BCUT2D eigenvalue weighted by Crippen LogP contribution is 2.31. The molecule has 2 heterocycles. The maximum absolute atomic E-state index is 13.3. The van der Waals surface area contributed by atoms with E-state index in [-0.39, 0.29) is 29.7 Å². The van der Waals surface area contributed by atoms with Gasteiger partial charge in [0.05, 0.1) is 13.0 Å². The normalized spacial score (nSPS) is 22.1. The number of carbonyl (C=O) groups excluding carboxylic acids is 2. The van der Waals surface area contributed by atoms with Crippen LogP contribution in [-0.2, 0) is 9.53 Å². The summed E-state index contributed by atoms with van der Waals surface area (Å²) in [5.74, 6) is -0.448. The van der Waals surface area contributed by atoms with E-state index in [1.54, 1.807) is 6.92 Å². The van der Waals surface area contributed by atoms with E-state index in [0.717, 1.165) is 6.42 Å². The van der Waals surface area contributed by atoms with E-state index < -0.39 is 29.9 Å². The van der Waals surface area contributed by atoms with E-state index in [9.17, 15) is 14.7 Å². The Labute approximate surface area is 222 Å². The van der Waals surface area contributed by atoms with Crippen molar-refractivity contribution in [1.82, 2.24) is 4.98 Å². The number of hydrogen-bond donors (Lipinski definition) is 1. The molecule has 0 saturated carbocycles. The van der Waals surface area contributed by atoms with Gasteiger partial charge in [0.1, 0.15) is 23.7 Å². The molecule has 3 aromatic rings. The molecule has 1 aliphatic rings. The predicted molar refractivity (Wildman–Crippen MR) is 141 cm³/mol. The molecule has 1 saturated heterocycles. The van der Waals surface area contributed by atoms with Crippen LogP contribution in [0.25, 0.3) is 0 Å². The van der Waals surface area contributed by atoms with Crippen LogP contribution in [0.4, 0.5) is 0 Å². The van der Waals surface area contributed by atoms with Crippen molar-refractivity contribution < 1.29 is 33.6 Å². The molecule has 0 amide bonds. The average molecular weight is 520 g/mol. The van der Waals surface area contributed by atoms with Crippen LogP contribution < -0.4 is 14.2 Å². The van der Waals surface area contributed by atoms with Crippen LogP contribution in [0.3, 0.4) is 0 Å². The summed E-state index contributed by atoms with van der Waals surface area (Å²) in [5, 5.41) is 10.3. The zero-order chi connectivity index (χ0) is 26.9. The van der Waals surface area contributed by atoms with Crippen LogP contribution in [0.2, 0.25) is 0 Å². The van der Waals surface area contributed by atoms with Gasteiger partial charge < -0.3 is 24.1 Å². The molecule has 0 radical (unpaired) electrons. The van der Waals surface area contributed by atoms with Gasteiger partial charge in [-0.05, 0) is 50.5 Å². The van der Waals surface area contributed by atoms with Gasteiger partial charge in [-0.2, -0.15) is 0 Å². The van der Waals surface area contributed by atoms with Crippen molar-refractivity contribution >= 4 is 11.8 Å². The number of cyclic esters (lactones) is 1. The smallest absolute Gasteiger partial charge is 0.309 e. The highest BCUT2D eigenvalue weighted by molar-refractivity contribution is 5.99.